The molecule has 0 radical (unpaired) electrons. The van der Waals surface area contributed by atoms with Gasteiger partial charge in [0.25, 0.3) is 5.91 Å². The van der Waals surface area contributed by atoms with Crippen molar-refractivity contribution in [1.82, 2.24) is 9.88 Å². The summed E-state index contributed by atoms with van der Waals surface area (Å²) in [5.41, 5.74) is 3.13. The van der Waals surface area contributed by atoms with Crippen molar-refractivity contribution in [2.75, 3.05) is 56.7 Å². The van der Waals surface area contributed by atoms with Crippen LogP contribution in [0.2, 0.25) is 0 Å². The predicted molar refractivity (Wildman–Crippen MR) is 109 cm³/mol. The number of amides is 1. The summed E-state index contributed by atoms with van der Waals surface area (Å²) in [5, 5.41) is 3.23. The van der Waals surface area contributed by atoms with Gasteiger partial charge in [-0.3, -0.25) is 4.79 Å². The second-order valence-corrected chi connectivity index (χ2v) is 6.82. The Labute approximate surface area is 161 Å². The highest BCUT2D eigenvalue weighted by molar-refractivity contribution is 5.94. The van der Waals surface area contributed by atoms with Crippen molar-refractivity contribution in [3.63, 3.8) is 0 Å². The maximum absolute atomic E-state index is 12.7. The third-order valence-corrected chi connectivity index (χ3v) is 4.78. The van der Waals surface area contributed by atoms with Crippen LogP contribution in [0.3, 0.4) is 0 Å². The van der Waals surface area contributed by atoms with Crippen LogP contribution in [0, 0.1) is 6.92 Å². The third-order valence-electron chi connectivity index (χ3n) is 4.78. The van der Waals surface area contributed by atoms with E-state index in [-0.39, 0.29) is 5.91 Å². The first-order valence-corrected chi connectivity index (χ1v) is 9.47. The summed E-state index contributed by atoms with van der Waals surface area (Å²) >= 11 is 0. The number of benzene rings is 1. The van der Waals surface area contributed by atoms with Gasteiger partial charge >= 0.3 is 0 Å². The van der Waals surface area contributed by atoms with Crippen LogP contribution in [0.25, 0.3) is 0 Å². The average molecular weight is 368 g/mol. The lowest BCUT2D eigenvalue weighted by molar-refractivity contribution is 0.0746. The van der Waals surface area contributed by atoms with Crippen molar-refractivity contribution in [3.05, 3.63) is 53.7 Å². The van der Waals surface area contributed by atoms with Crippen LogP contribution in [-0.4, -0.2) is 62.2 Å². The van der Waals surface area contributed by atoms with E-state index in [2.05, 4.69) is 46.4 Å². The van der Waals surface area contributed by atoms with Gasteiger partial charge in [0.15, 0.2) is 0 Å². The summed E-state index contributed by atoms with van der Waals surface area (Å²) in [6.45, 7) is 6.77. The Morgan fingerprint density at radius 2 is 2.00 bits per heavy atom. The van der Waals surface area contributed by atoms with E-state index in [1.807, 2.05) is 17.0 Å². The number of rotatable bonds is 7. The predicted octanol–water partition coefficient (Wildman–Crippen LogP) is 2.80. The molecule has 1 aliphatic heterocycles. The summed E-state index contributed by atoms with van der Waals surface area (Å²) in [6.07, 6.45) is 2.58. The Morgan fingerprint density at radius 3 is 2.67 bits per heavy atom. The van der Waals surface area contributed by atoms with Crippen molar-refractivity contribution < 1.29 is 9.53 Å². The smallest absolute Gasteiger partial charge is 0.255 e. The largest absolute Gasteiger partial charge is 0.385 e. The zero-order valence-corrected chi connectivity index (χ0v) is 16.1. The second kappa shape index (κ2) is 9.37. The summed E-state index contributed by atoms with van der Waals surface area (Å²) < 4.78 is 5.03. The van der Waals surface area contributed by atoms with E-state index in [1.165, 1.54) is 11.3 Å². The number of ether oxygens (including phenoxy) is 1. The van der Waals surface area contributed by atoms with Gasteiger partial charge in [0.2, 0.25) is 0 Å². The Morgan fingerprint density at radius 1 is 1.19 bits per heavy atom. The van der Waals surface area contributed by atoms with Gasteiger partial charge in [-0.05, 0) is 43.2 Å². The number of carbonyl (C=O) groups excluding carboxylic acids is 1. The van der Waals surface area contributed by atoms with Gasteiger partial charge in [0.1, 0.15) is 5.82 Å². The van der Waals surface area contributed by atoms with Crippen LogP contribution in [0.1, 0.15) is 22.3 Å². The first-order chi connectivity index (χ1) is 13.2. The molecule has 0 bridgehead atoms. The van der Waals surface area contributed by atoms with Crippen molar-refractivity contribution >= 4 is 17.4 Å². The number of carbonyl (C=O) groups is 1. The number of methoxy groups -OCH3 is 1. The number of anilines is 2. The molecule has 0 saturated carbocycles. The topological polar surface area (TPSA) is 57.7 Å². The van der Waals surface area contributed by atoms with Gasteiger partial charge in [0, 0.05) is 58.3 Å². The molecule has 1 saturated heterocycles. The molecule has 6 heteroatoms. The number of piperazine rings is 1. The lowest BCUT2D eigenvalue weighted by Crippen LogP contribution is -2.48. The SMILES string of the molecule is COCCCNc1ccc(C(=O)N2CCN(c3cccc(C)c3)CC2)cn1. The van der Waals surface area contributed by atoms with Gasteiger partial charge in [-0.2, -0.15) is 0 Å². The minimum Gasteiger partial charge on any atom is -0.385 e. The fraction of sp³-hybridized carbons (Fsp3) is 0.429. The molecule has 0 spiro atoms. The van der Waals surface area contributed by atoms with Crippen molar-refractivity contribution in [1.29, 1.82) is 0 Å². The van der Waals surface area contributed by atoms with E-state index >= 15 is 0 Å². The fourth-order valence-corrected chi connectivity index (χ4v) is 3.23. The molecule has 2 aromatic rings. The van der Waals surface area contributed by atoms with E-state index in [1.54, 1.807) is 13.3 Å². The van der Waals surface area contributed by atoms with Crippen LogP contribution in [0.15, 0.2) is 42.6 Å². The van der Waals surface area contributed by atoms with E-state index in [9.17, 15) is 4.79 Å². The molecular formula is C21H28N4O2. The standard InChI is InChI=1S/C21H28N4O2/c1-17-5-3-6-19(15-17)24-10-12-25(13-11-24)21(26)18-7-8-20(23-16-18)22-9-4-14-27-2/h3,5-8,15-16H,4,9-14H2,1-2H3,(H,22,23). The Kier molecular flexibility index (Phi) is 6.65. The number of aryl methyl sites for hydroxylation is 1. The summed E-state index contributed by atoms with van der Waals surface area (Å²) in [4.78, 5) is 21.3. The highest BCUT2D eigenvalue weighted by Crippen LogP contribution is 2.18. The summed E-state index contributed by atoms with van der Waals surface area (Å²) in [7, 11) is 1.69. The molecule has 2 heterocycles. The first-order valence-electron chi connectivity index (χ1n) is 9.47. The van der Waals surface area contributed by atoms with Crippen LogP contribution >= 0.6 is 0 Å². The summed E-state index contributed by atoms with van der Waals surface area (Å²) in [5.74, 6) is 0.837. The normalized spacial score (nSPS) is 14.3. The molecule has 1 aromatic carbocycles. The monoisotopic (exact) mass is 368 g/mol. The Balaban J connectivity index is 1.51. The highest BCUT2D eigenvalue weighted by Gasteiger charge is 2.22. The molecule has 27 heavy (non-hydrogen) atoms. The quantitative estimate of drug-likeness (QED) is 0.762. The van der Waals surface area contributed by atoms with Crippen molar-refractivity contribution in [2.24, 2.45) is 0 Å². The molecule has 1 aromatic heterocycles. The highest BCUT2D eigenvalue weighted by atomic mass is 16.5. The molecule has 0 aliphatic carbocycles. The third kappa shape index (κ3) is 5.20. The molecular weight excluding hydrogens is 340 g/mol. The van der Waals surface area contributed by atoms with Crippen molar-refractivity contribution in [2.45, 2.75) is 13.3 Å². The van der Waals surface area contributed by atoms with Gasteiger partial charge in [-0.15, -0.1) is 0 Å². The Bertz CT molecular complexity index is 740. The molecule has 0 unspecified atom stereocenters. The molecule has 6 nitrogen and oxygen atoms in total. The van der Waals surface area contributed by atoms with Gasteiger partial charge in [-0.1, -0.05) is 12.1 Å². The first kappa shape index (κ1) is 19.2. The lowest BCUT2D eigenvalue weighted by Gasteiger charge is -2.36. The Hall–Kier alpha value is -2.60. The van der Waals surface area contributed by atoms with Crippen molar-refractivity contribution in [3.8, 4) is 0 Å². The molecule has 1 N–H and O–H groups in total. The minimum atomic E-state index is 0.0531. The van der Waals surface area contributed by atoms with Crippen LogP contribution in [-0.2, 0) is 4.74 Å². The van der Waals surface area contributed by atoms with E-state index in [0.717, 1.165) is 51.6 Å². The van der Waals surface area contributed by atoms with Crippen LogP contribution in [0.5, 0.6) is 0 Å². The maximum atomic E-state index is 12.7. The van der Waals surface area contributed by atoms with Gasteiger partial charge in [0.05, 0.1) is 5.56 Å². The molecule has 1 amide bonds. The molecule has 0 atom stereocenters. The molecule has 144 valence electrons. The zero-order chi connectivity index (χ0) is 19.1. The molecule has 1 aliphatic rings. The zero-order valence-electron chi connectivity index (χ0n) is 16.1. The average Bonchev–Trinajstić information content (AvgIpc) is 2.71. The van der Waals surface area contributed by atoms with E-state index in [0.29, 0.717) is 5.56 Å². The van der Waals surface area contributed by atoms with E-state index in [4.69, 9.17) is 4.74 Å². The lowest BCUT2D eigenvalue weighted by atomic mass is 10.1. The van der Waals surface area contributed by atoms with Crippen LogP contribution < -0.4 is 10.2 Å². The number of nitrogens with zero attached hydrogens (tertiary/aromatic N) is 3. The minimum absolute atomic E-state index is 0.0531. The number of pyridine rings is 1. The van der Waals surface area contributed by atoms with Crippen LogP contribution in [0.4, 0.5) is 11.5 Å². The maximum Gasteiger partial charge on any atom is 0.255 e. The molecule has 1 fully saturated rings. The number of hydrogen-bond acceptors (Lipinski definition) is 5. The number of nitrogens with one attached hydrogen (secondary N) is 1. The second-order valence-electron chi connectivity index (χ2n) is 6.82. The van der Waals surface area contributed by atoms with E-state index < -0.39 is 0 Å². The fourth-order valence-electron chi connectivity index (χ4n) is 3.23. The van der Waals surface area contributed by atoms with Gasteiger partial charge in [-0.25, -0.2) is 4.98 Å². The van der Waals surface area contributed by atoms with Gasteiger partial charge < -0.3 is 19.9 Å². The number of hydrogen-bond donors (Lipinski definition) is 1. The summed E-state index contributed by atoms with van der Waals surface area (Å²) in [6, 6.07) is 12.2. The number of aromatic nitrogens is 1. The molecule has 3 rings (SSSR count).